The molecule has 3 fully saturated rings. The maximum atomic E-state index is 13.1. The predicted octanol–water partition coefficient (Wildman–Crippen LogP) is 1.65. The fraction of sp³-hybridized carbons (Fsp3) is 0.652. The van der Waals surface area contributed by atoms with Gasteiger partial charge < -0.3 is 34.6 Å². The fourth-order valence-corrected chi connectivity index (χ4v) is 4.81. The van der Waals surface area contributed by atoms with Crippen molar-refractivity contribution in [3.8, 4) is 0 Å². The highest BCUT2D eigenvalue weighted by Gasteiger charge is 2.40. The largest absolute Gasteiger partial charge is 0.389 e. The molecule has 9 nitrogen and oxygen atoms in total. The Balaban J connectivity index is 1.39. The van der Waals surface area contributed by atoms with Crippen LogP contribution >= 0.6 is 11.6 Å². The van der Waals surface area contributed by atoms with Crippen LogP contribution in [-0.2, 0) is 14.3 Å². The van der Waals surface area contributed by atoms with Gasteiger partial charge in [-0.2, -0.15) is 0 Å². The summed E-state index contributed by atoms with van der Waals surface area (Å²) in [6.45, 7) is 3.80. The molecule has 3 amide bonds. The van der Waals surface area contributed by atoms with Crippen LogP contribution in [0.15, 0.2) is 24.3 Å². The van der Waals surface area contributed by atoms with Crippen LogP contribution in [-0.4, -0.2) is 109 Å². The molecular formula is C23H33ClN4O5. The number of benzene rings is 1. The summed E-state index contributed by atoms with van der Waals surface area (Å²) in [4.78, 5) is 31.7. The van der Waals surface area contributed by atoms with Crippen LogP contribution in [0.2, 0.25) is 5.02 Å². The lowest BCUT2D eigenvalue weighted by molar-refractivity contribution is -0.155. The number of likely N-dealkylation sites (N-methyl/N-ethyl adjacent to an activating group) is 1. The van der Waals surface area contributed by atoms with Gasteiger partial charge in [0.05, 0.1) is 44.4 Å². The van der Waals surface area contributed by atoms with E-state index in [1.807, 2.05) is 4.90 Å². The summed E-state index contributed by atoms with van der Waals surface area (Å²) in [6.07, 6.45) is 0.349. The maximum absolute atomic E-state index is 13.1. The molecule has 182 valence electrons. The van der Waals surface area contributed by atoms with Crippen molar-refractivity contribution in [1.82, 2.24) is 14.7 Å². The molecule has 33 heavy (non-hydrogen) atoms. The summed E-state index contributed by atoms with van der Waals surface area (Å²) >= 11 is 5.94. The van der Waals surface area contributed by atoms with Crippen LogP contribution in [0.5, 0.6) is 0 Å². The molecule has 4 atom stereocenters. The molecule has 0 bridgehead atoms. The van der Waals surface area contributed by atoms with Gasteiger partial charge in [-0.15, -0.1) is 0 Å². The lowest BCUT2D eigenvalue weighted by atomic mass is 9.94. The van der Waals surface area contributed by atoms with Crippen LogP contribution in [0, 0.1) is 0 Å². The van der Waals surface area contributed by atoms with E-state index in [4.69, 9.17) is 21.1 Å². The third-order valence-corrected chi connectivity index (χ3v) is 6.85. The van der Waals surface area contributed by atoms with Gasteiger partial charge in [0.2, 0.25) is 5.91 Å². The Kier molecular flexibility index (Phi) is 8.08. The van der Waals surface area contributed by atoms with E-state index in [0.29, 0.717) is 30.0 Å². The van der Waals surface area contributed by atoms with Crippen molar-refractivity contribution < 1.29 is 24.2 Å². The highest BCUT2D eigenvalue weighted by Crippen LogP contribution is 2.29. The number of fused-ring (bicyclic) bond motifs is 1. The first-order chi connectivity index (χ1) is 15.9. The first-order valence-electron chi connectivity index (χ1n) is 11.6. The average Bonchev–Trinajstić information content (AvgIpc) is 2.78. The SMILES string of the molecule is CN1CCN(C(=O)C[C@@H]2CC[C@H]3[C@@H](COC[C@H](O)CN3C(=O)Nc3ccc(Cl)cc3)O2)CC1. The highest BCUT2D eigenvalue weighted by atomic mass is 35.5. The molecule has 3 aliphatic heterocycles. The van der Waals surface area contributed by atoms with Crippen molar-refractivity contribution in [2.45, 2.75) is 43.6 Å². The number of nitrogens with zero attached hydrogens (tertiary/aromatic N) is 3. The molecular weight excluding hydrogens is 448 g/mol. The first kappa shape index (κ1) is 24.2. The van der Waals surface area contributed by atoms with E-state index in [9.17, 15) is 14.7 Å². The number of carbonyl (C=O) groups excluding carboxylic acids is 2. The maximum Gasteiger partial charge on any atom is 0.322 e. The van der Waals surface area contributed by atoms with E-state index in [-0.39, 0.29) is 49.9 Å². The number of ether oxygens (including phenoxy) is 2. The Morgan fingerprint density at radius 1 is 1.12 bits per heavy atom. The second-order valence-corrected chi connectivity index (χ2v) is 9.55. The molecule has 1 aromatic carbocycles. The van der Waals surface area contributed by atoms with Crippen molar-refractivity contribution in [2.75, 3.05) is 58.3 Å². The number of amides is 3. The number of piperazine rings is 1. The Bertz CT molecular complexity index is 818. The van der Waals surface area contributed by atoms with Gasteiger partial charge >= 0.3 is 6.03 Å². The quantitative estimate of drug-likeness (QED) is 0.683. The van der Waals surface area contributed by atoms with Gasteiger partial charge in [-0.3, -0.25) is 4.79 Å². The van der Waals surface area contributed by atoms with Crippen LogP contribution in [0.1, 0.15) is 19.3 Å². The number of nitrogens with one attached hydrogen (secondary N) is 1. The number of hydrogen-bond acceptors (Lipinski definition) is 6. The zero-order valence-electron chi connectivity index (χ0n) is 19.0. The molecule has 0 aliphatic carbocycles. The molecule has 3 heterocycles. The third-order valence-electron chi connectivity index (χ3n) is 6.60. The van der Waals surface area contributed by atoms with E-state index < -0.39 is 6.10 Å². The number of halogens is 1. The number of rotatable bonds is 3. The van der Waals surface area contributed by atoms with Crippen molar-refractivity contribution in [1.29, 1.82) is 0 Å². The highest BCUT2D eigenvalue weighted by molar-refractivity contribution is 6.30. The number of urea groups is 1. The summed E-state index contributed by atoms with van der Waals surface area (Å²) < 4.78 is 11.9. The van der Waals surface area contributed by atoms with Gasteiger partial charge in [0.1, 0.15) is 6.10 Å². The molecule has 0 aromatic heterocycles. The Labute approximate surface area is 199 Å². The topological polar surface area (TPSA) is 94.6 Å². The van der Waals surface area contributed by atoms with Crippen LogP contribution in [0.4, 0.5) is 10.5 Å². The first-order valence-corrected chi connectivity index (χ1v) is 12.0. The fourth-order valence-electron chi connectivity index (χ4n) is 4.68. The number of aliphatic hydroxyl groups is 1. The number of aliphatic hydroxyl groups excluding tert-OH is 1. The smallest absolute Gasteiger partial charge is 0.322 e. The van der Waals surface area contributed by atoms with E-state index in [1.165, 1.54) is 0 Å². The van der Waals surface area contributed by atoms with Gasteiger partial charge in [-0.1, -0.05) is 11.6 Å². The van der Waals surface area contributed by atoms with Crippen molar-refractivity contribution >= 4 is 29.2 Å². The van der Waals surface area contributed by atoms with Crippen LogP contribution < -0.4 is 5.32 Å². The minimum absolute atomic E-state index is 0.117. The summed E-state index contributed by atoms with van der Waals surface area (Å²) in [5.74, 6) is 0.117. The zero-order chi connectivity index (χ0) is 23.4. The summed E-state index contributed by atoms with van der Waals surface area (Å²) in [5, 5.41) is 13.8. The molecule has 2 N–H and O–H groups in total. The third kappa shape index (κ3) is 6.36. The predicted molar refractivity (Wildman–Crippen MR) is 124 cm³/mol. The number of hydrogen-bond donors (Lipinski definition) is 2. The molecule has 0 unspecified atom stereocenters. The lowest BCUT2D eigenvalue weighted by Gasteiger charge is -2.44. The van der Waals surface area contributed by atoms with Gasteiger partial charge in [-0.05, 0) is 44.2 Å². The lowest BCUT2D eigenvalue weighted by Crippen LogP contribution is -2.58. The molecule has 0 spiro atoms. The van der Waals surface area contributed by atoms with Crippen molar-refractivity contribution in [2.24, 2.45) is 0 Å². The monoisotopic (exact) mass is 480 g/mol. The molecule has 4 rings (SSSR count). The summed E-state index contributed by atoms with van der Waals surface area (Å²) in [7, 11) is 2.06. The van der Waals surface area contributed by atoms with E-state index >= 15 is 0 Å². The molecule has 0 saturated carbocycles. The van der Waals surface area contributed by atoms with Crippen LogP contribution in [0.25, 0.3) is 0 Å². The molecule has 10 heteroatoms. The summed E-state index contributed by atoms with van der Waals surface area (Å²) in [6, 6.07) is 6.34. The summed E-state index contributed by atoms with van der Waals surface area (Å²) in [5.41, 5.74) is 0.626. The number of anilines is 1. The van der Waals surface area contributed by atoms with E-state index in [1.54, 1.807) is 29.2 Å². The van der Waals surface area contributed by atoms with Gasteiger partial charge in [0, 0.05) is 36.9 Å². The number of β-amino-alcohol motifs (C(OH)–C–C–N with tert-alkyl or cyclic N) is 1. The average molecular weight is 481 g/mol. The Morgan fingerprint density at radius 2 is 1.85 bits per heavy atom. The minimum Gasteiger partial charge on any atom is -0.389 e. The molecule has 0 radical (unpaired) electrons. The zero-order valence-corrected chi connectivity index (χ0v) is 19.7. The van der Waals surface area contributed by atoms with E-state index in [2.05, 4.69) is 17.3 Å². The second kappa shape index (κ2) is 11.0. The van der Waals surface area contributed by atoms with Crippen molar-refractivity contribution in [3.05, 3.63) is 29.3 Å². The minimum atomic E-state index is -0.779. The van der Waals surface area contributed by atoms with Crippen molar-refractivity contribution in [3.63, 3.8) is 0 Å². The van der Waals surface area contributed by atoms with E-state index in [0.717, 1.165) is 26.2 Å². The standard InChI is InChI=1S/C23H33ClN4O5/c1-26-8-10-27(11-9-26)22(30)12-19-6-7-20-21(33-19)15-32-14-18(29)13-28(20)23(31)25-17-4-2-16(24)3-5-17/h2-5,18-21,29H,6-15H2,1H3,(H,25,31)/t18-,19+,20+,21-/m1/s1. The normalized spacial score (nSPS) is 29.1. The second-order valence-electron chi connectivity index (χ2n) is 9.11. The molecule has 1 aromatic rings. The van der Waals surface area contributed by atoms with Crippen LogP contribution in [0.3, 0.4) is 0 Å². The molecule has 3 aliphatic rings. The Hall–Kier alpha value is -1.91. The molecule has 3 saturated heterocycles. The van der Waals surface area contributed by atoms with Gasteiger partial charge in [0.25, 0.3) is 0 Å². The van der Waals surface area contributed by atoms with Gasteiger partial charge in [0.15, 0.2) is 0 Å². The Morgan fingerprint density at radius 3 is 2.58 bits per heavy atom. The number of carbonyl (C=O) groups is 2. The van der Waals surface area contributed by atoms with Gasteiger partial charge in [-0.25, -0.2) is 4.79 Å².